The zero-order valence-electron chi connectivity index (χ0n) is 8.31. The molecule has 1 heterocycles. The molecule has 2 rings (SSSR count). The predicted molar refractivity (Wildman–Crippen MR) is 58.6 cm³/mol. The molecule has 0 saturated heterocycles. The van der Waals surface area contributed by atoms with Crippen LogP contribution in [-0.2, 0) is 4.79 Å². The van der Waals surface area contributed by atoms with Crippen molar-refractivity contribution in [2.45, 2.75) is 0 Å². The van der Waals surface area contributed by atoms with Gasteiger partial charge in [-0.25, -0.2) is 5.43 Å². The van der Waals surface area contributed by atoms with Gasteiger partial charge in [0.2, 0.25) is 5.91 Å². The predicted octanol–water partition coefficient (Wildman–Crippen LogP) is 0.416. The molecule has 5 nitrogen and oxygen atoms in total. The van der Waals surface area contributed by atoms with Gasteiger partial charge in [0, 0.05) is 11.6 Å². The summed E-state index contributed by atoms with van der Waals surface area (Å²) in [6.45, 7) is 0. The average Bonchev–Trinajstić information content (AvgIpc) is 2.73. The number of nitrogens with one attached hydrogen (secondary N) is 2. The molecule has 0 fully saturated rings. The second kappa shape index (κ2) is 4.39. The van der Waals surface area contributed by atoms with E-state index in [9.17, 15) is 9.59 Å². The quantitative estimate of drug-likeness (QED) is 0.702. The number of benzene rings is 1. The number of hydrogen-bond donors (Lipinski definition) is 2. The molecule has 2 amide bonds. The van der Waals surface area contributed by atoms with Crippen LogP contribution >= 0.6 is 0 Å². The topological polar surface area (TPSA) is 70.6 Å². The Hall–Kier alpha value is -2.43. The number of amidine groups is 1. The summed E-state index contributed by atoms with van der Waals surface area (Å²) in [6.07, 6.45) is 2.83. The first kappa shape index (κ1) is 10.1. The highest BCUT2D eigenvalue weighted by Crippen LogP contribution is 1.97. The minimum atomic E-state index is -0.317. The van der Waals surface area contributed by atoms with Crippen LogP contribution in [-0.4, -0.2) is 17.6 Å². The van der Waals surface area contributed by atoms with Crippen LogP contribution in [0.2, 0.25) is 0 Å². The summed E-state index contributed by atoms with van der Waals surface area (Å²) in [7, 11) is 0. The molecule has 0 spiro atoms. The van der Waals surface area contributed by atoms with Crippen molar-refractivity contribution in [3.63, 3.8) is 0 Å². The van der Waals surface area contributed by atoms with Crippen molar-refractivity contribution in [3.05, 3.63) is 48.0 Å². The van der Waals surface area contributed by atoms with Gasteiger partial charge >= 0.3 is 0 Å². The lowest BCUT2D eigenvalue weighted by molar-refractivity contribution is -0.114. The van der Waals surface area contributed by atoms with Crippen molar-refractivity contribution in [2.75, 3.05) is 0 Å². The standard InChI is InChI=1S/C11H9N3O2/c15-10-7-6-9(12-10)13-14-11(16)8-4-2-1-3-5-8/h1-7H,(H,14,16)(H,12,13,15). The van der Waals surface area contributed by atoms with Crippen LogP contribution in [0.3, 0.4) is 0 Å². The molecule has 0 radical (unpaired) electrons. The molecule has 80 valence electrons. The highest BCUT2D eigenvalue weighted by atomic mass is 16.2. The van der Waals surface area contributed by atoms with Gasteiger partial charge < -0.3 is 5.32 Å². The third-order valence-electron chi connectivity index (χ3n) is 1.96. The SMILES string of the molecule is O=C1C=CC(=NNC(=O)c2ccccc2)N1. The van der Waals surface area contributed by atoms with Gasteiger partial charge in [-0.05, 0) is 18.2 Å². The van der Waals surface area contributed by atoms with E-state index in [1.54, 1.807) is 24.3 Å². The zero-order valence-corrected chi connectivity index (χ0v) is 8.31. The van der Waals surface area contributed by atoms with E-state index in [4.69, 9.17) is 0 Å². The maximum atomic E-state index is 11.5. The molecule has 0 atom stereocenters. The fourth-order valence-corrected chi connectivity index (χ4v) is 1.19. The summed E-state index contributed by atoms with van der Waals surface area (Å²) in [5.74, 6) is -0.232. The normalized spacial score (nSPS) is 16.2. The molecule has 0 unspecified atom stereocenters. The Bertz CT molecular complexity index is 477. The summed E-state index contributed by atoms with van der Waals surface area (Å²) in [5.41, 5.74) is 2.86. The monoisotopic (exact) mass is 215 g/mol. The molecule has 0 saturated carbocycles. The molecule has 5 heteroatoms. The molecule has 16 heavy (non-hydrogen) atoms. The summed E-state index contributed by atoms with van der Waals surface area (Å²) < 4.78 is 0. The Morgan fingerprint density at radius 1 is 1.19 bits per heavy atom. The number of hydrogen-bond acceptors (Lipinski definition) is 3. The lowest BCUT2D eigenvalue weighted by Crippen LogP contribution is -2.26. The van der Waals surface area contributed by atoms with Crippen molar-refractivity contribution in [3.8, 4) is 0 Å². The van der Waals surface area contributed by atoms with Gasteiger partial charge in [-0.3, -0.25) is 9.59 Å². The van der Waals surface area contributed by atoms with Crippen LogP contribution in [0.4, 0.5) is 0 Å². The number of rotatable bonds is 2. The molecule has 0 aromatic heterocycles. The van der Waals surface area contributed by atoms with Gasteiger partial charge in [0.1, 0.15) is 0 Å². The summed E-state index contributed by atoms with van der Waals surface area (Å²) in [4.78, 5) is 22.3. The van der Waals surface area contributed by atoms with Crippen molar-refractivity contribution in [2.24, 2.45) is 5.10 Å². The fourth-order valence-electron chi connectivity index (χ4n) is 1.19. The molecular formula is C11H9N3O2. The van der Waals surface area contributed by atoms with Crippen molar-refractivity contribution < 1.29 is 9.59 Å². The van der Waals surface area contributed by atoms with Crippen LogP contribution in [0.5, 0.6) is 0 Å². The van der Waals surface area contributed by atoms with E-state index in [-0.39, 0.29) is 11.8 Å². The Kier molecular flexibility index (Phi) is 2.77. The van der Waals surface area contributed by atoms with Crippen LogP contribution in [0.15, 0.2) is 47.6 Å². The number of carbonyl (C=O) groups excluding carboxylic acids is 2. The van der Waals surface area contributed by atoms with E-state index in [0.717, 1.165) is 0 Å². The van der Waals surface area contributed by atoms with E-state index in [1.165, 1.54) is 12.2 Å². The Labute approximate surface area is 91.8 Å². The third-order valence-corrected chi connectivity index (χ3v) is 1.96. The molecule has 0 aliphatic carbocycles. The van der Waals surface area contributed by atoms with E-state index in [2.05, 4.69) is 15.8 Å². The van der Waals surface area contributed by atoms with Gasteiger partial charge in [0.25, 0.3) is 5.91 Å². The second-order valence-electron chi connectivity index (χ2n) is 3.13. The summed E-state index contributed by atoms with van der Waals surface area (Å²) >= 11 is 0. The Morgan fingerprint density at radius 2 is 1.94 bits per heavy atom. The average molecular weight is 215 g/mol. The smallest absolute Gasteiger partial charge is 0.271 e. The molecule has 1 aromatic carbocycles. The van der Waals surface area contributed by atoms with E-state index in [1.807, 2.05) is 6.07 Å². The maximum absolute atomic E-state index is 11.5. The first-order valence-corrected chi connectivity index (χ1v) is 4.68. The van der Waals surface area contributed by atoms with Crippen LogP contribution < -0.4 is 10.7 Å². The van der Waals surface area contributed by atoms with Crippen LogP contribution in [0.1, 0.15) is 10.4 Å². The Balaban J connectivity index is 1.99. The van der Waals surface area contributed by atoms with Gasteiger partial charge in [0.05, 0.1) is 0 Å². The van der Waals surface area contributed by atoms with Crippen molar-refractivity contribution >= 4 is 17.6 Å². The number of carbonyl (C=O) groups is 2. The molecule has 0 bridgehead atoms. The van der Waals surface area contributed by atoms with Gasteiger partial charge in [0.15, 0.2) is 5.84 Å². The minimum Gasteiger partial charge on any atom is -0.306 e. The highest BCUT2D eigenvalue weighted by Gasteiger charge is 2.08. The largest absolute Gasteiger partial charge is 0.306 e. The van der Waals surface area contributed by atoms with Gasteiger partial charge in [-0.1, -0.05) is 18.2 Å². The number of hydrazone groups is 1. The van der Waals surface area contributed by atoms with Crippen molar-refractivity contribution in [1.29, 1.82) is 0 Å². The van der Waals surface area contributed by atoms with E-state index >= 15 is 0 Å². The summed E-state index contributed by atoms with van der Waals surface area (Å²) in [5, 5.41) is 6.19. The van der Waals surface area contributed by atoms with Crippen LogP contribution in [0.25, 0.3) is 0 Å². The van der Waals surface area contributed by atoms with E-state index in [0.29, 0.717) is 11.4 Å². The zero-order chi connectivity index (χ0) is 11.4. The maximum Gasteiger partial charge on any atom is 0.271 e. The Morgan fingerprint density at radius 3 is 2.56 bits per heavy atom. The molecule has 1 aliphatic rings. The minimum absolute atomic E-state index is 0.243. The van der Waals surface area contributed by atoms with Crippen LogP contribution in [0, 0.1) is 0 Å². The number of amides is 2. The first-order valence-electron chi connectivity index (χ1n) is 4.68. The molecule has 1 aliphatic heterocycles. The van der Waals surface area contributed by atoms with Gasteiger partial charge in [-0.15, -0.1) is 0 Å². The lowest BCUT2D eigenvalue weighted by atomic mass is 10.2. The molecule has 1 aromatic rings. The van der Waals surface area contributed by atoms with Gasteiger partial charge in [-0.2, -0.15) is 5.10 Å². The highest BCUT2D eigenvalue weighted by molar-refractivity contribution is 6.15. The molecule has 2 N–H and O–H groups in total. The number of nitrogens with zero attached hydrogens (tertiary/aromatic N) is 1. The molecular weight excluding hydrogens is 206 g/mol. The second-order valence-corrected chi connectivity index (χ2v) is 3.13. The lowest BCUT2D eigenvalue weighted by Gasteiger charge is -2.00. The van der Waals surface area contributed by atoms with E-state index < -0.39 is 0 Å². The fraction of sp³-hybridized carbons (Fsp3) is 0. The summed E-state index contributed by atoms with van der Waals surface area (Å²) in [6, 6.07) is 8.71. The first-order chi connectivity index (χ1) is 7.75. The third kappa shape index (κ3) is 2.33. The van der Waals surface area contributed by atoms with Crippen molar-refractivity contribution in [1.82, 2.24) is 10.7 Å².